The SMILES string of the molecule is Cc1cc(C)nc(N2CCO[C@H](c3cc(C(=O)Nc4nccs4)c4ccccc4n3)C2)n1. The molecule has 0 unspecified atom stereocenters. The Morgan fingerprint density at radius 1 is 1.16 bits per heavy atom. The van der Waals surface area contributed by atoms with Gasteiger partial charge < -0.3 is 9.64 Å². The van der Waals surface area contributed by atoms with Crippen LogP contribution < -0.4 is 10.2 Å². The van der Waals surface area contributed by atoms with E-state index in [-0.39, 0.29) is 12.0 Å². The van der Waals surface area contributed by atoms with Crippen molar-refractivity contribution in [3.8, 4) is 0 Å². The van der Waals surface area contributed by atoms with Gasteiger partial charge in [0.15, 0.2) is 5.13 Å². The average Bonchev–Trinajstić information content (AvgIpc) is 3.31. The first-order valence-electron chi connectivity index (χ1n) is 10.4. The maximum Gasteiger partial charge on any atom is 0.258 e. The van der Waals surface area contributed by atoms with Gasteiger partial charge in [-0.05, 0) is 32.0 Å². The molecular weight excluding hydrogens is 424 g/mol. The van der Waals surface area contributed by atoms with E-state index in [0.29, 0.717) is 42.0 Å². The van der Waals surface area contributed by atoms with Crippen molar-refractivity contribution in [1.29, 1.82) is 0 Å². The van der Waals surface area contributed by atoms with Gasteiger partial charge in [0, 0.05) is 34.9 Å². The van der Waals surface area contributed by atoms with Crippen LogP contribution in [0.2, 0.25) is 0 Å². The molecule has 1 fully saturated rings. The third-order valence-electron chi connectivity index (χ3n) is 5.28. The zero-order valence-corrected chi connectivity index (χ0v) is 18.6. The molecule has 1 saturated heterocycles. The van der Waals surface area contributed by atoms with Crippen LogP contribution in [0.3, 0.4) is 0 Å². The summed E-state index contributed by atoms with van der Waals surface area (Å²) in [4.78, 5) is 33.3. The van der Waals surface area contributed by atoms with E-state index in [1.165, 1.54) is 11.3 Å². The van der Waals surface area contributed by atoms with E-state index in [9.17, 15) is 4.79 Å². The molecule has 4 heterocycles. The van der Waals surface area contributed by atoms with Gasteiger partial charge in [-0.25, -0.2) is 19.9 Å². The molecule has 0 radical (unpaired) electrons. The number of amides is 1. The van der Waals surface area contributed by atoms with Crippen LogP contribution >= 0.6 is 11.3 Å². The number of nitrogens with one attached hydrogen (secondary N) is 1. The van der Waals surface area contributed by atoms with Gasteiger partial charge in [-0.2, -0.15) is 0 Å². The molecular formula is C23H22N6O2S. The summed E-state index contributed by atoms with van der Waals surface area (Å²) < 4.78 is 6.06. The summed E-state index contributed by atoms with van der Waals surface area (Å²) in [6, 6.07) is 11.4. The molecule has 0 bridgehead atoms. The minimum Gasteiger partial charge on any atom is -0.368 e. The number of para-hydroxylation sites is 1. The van der Waals surface area contributed by atoms with Crippen molar-refractivity contribution in [2.24, 2.45) is 0 Å². The molecule has 8 nitrogen and oxygen atoms in total. The lowest BCUT2D eigenvalue weighted by Gasteiger charge is -2.33. The average molecular weight is 447 g/mol. The Kier molecular flexibility index (Phi) is 5.50. The highest BCUT2D eigenvalue weighted by atomic mass is 32.1. The molecule has 1 aliphatic rings. The minimum atomic E-state index is -0.302. The number of fused-ring (bicyclic) bond motifs is 1. The predicted octanol–water partition coefficient (Wildman–Crippen LogP) is 3.93. The van der Waals surface area contributed by atoms with E-state index in [4.69, 9.17) is 9.72 Å². The molecule has 3 aromatic heterocycles. The van der Waals surface area contributed by atoms with Crippen molar-refractivity contribution in [2.45, 2.75) is 20.0 Å². The largest absolute Gasteiger partial charge is 0.368 e. The summed E-state index contributed by atoms with van der Waals surface area (Å²) in [6.45, 7) is 5.71. The summed E-state index contributed by atoms with van der Waals surface area (Å²) in [5, 5.41) is 6.05. The Balaban J connectivity index is 1.48. The molecule has 1 atom stereocenters. The van der Waals surface area contributed by atoms with E-state index in [1.54, 1.807) is 6.20 Å². The maximum atomic E-state index is 13.1. The summed E-state index contributed by atoms with van der Waals surface area (Å²) >= 11 is 1.38. The summed E-state index contributed by atoms with van der Waals surface area (Å²) in [7, 11) is 0. The summed E-state index contributed by atoms with van der Waals surface area (Å²) in [6.07, 6.45) is 1.36. The molecule has 4 aromatic rings. The Morgan fingerprint density at radius 3 is 2.75 bits per heavy atom. The topological polar surface area (TPSA) is 93.1 Å². The molecule has 0 aliphatic carbocycles. The molecule has 1 amide bonds. The van der Waals surface area contributed by atoms with E-state index in [2.05, 4.69) is 25.2 Å². The Hall–Kier alpha value is -3.43. The summed E-state index contributed by atoms with van der Waals surface area (Å²) in [5.41, 5.74) is 3.87. The van der Waals surface area contributed by atoms with Crippen molar-refractivity contribution in [3.63, 3.8) is 0 Å². The first-order chi connectivity index (χ1) is 15.6. The second kappa shape index (κ2) is 8.60. The van der Waals surface area contributed by atoms with Crippen molar-refractivity contribution in [3.05, 3.63) is 70.6 Å². The molecule has 32 heavy (non-hydrogen) atoms. The number of hydrogen-bond donors (Lipinski definition) is 1. The first kappa shape index (κ1) is 20.5. The number of ether oxygens (including phenoxy) is 1. The number of thiazole rings is 1. The van der Waals surface area contributed by atoms with Crippen molar-refractivity contribution in [1.82, 2.24) is 19.9 Å². The van der Waals surface area contributed by atoms with Crippen LogP contribution in [0, 0.1) is 13.8 Å². The molecule has 1 aromatic carbocycles. The second-order valence-electron chi connectivity index (χ2n) is 7.66. The van der Waals surface area contributed by atoms with E-state index in [0.717, 1.165) is 22.3 Å². The number of aromatic nitrogens is 4. The van der Waals surface area contributed by atoms with Crippen molar-refractivity contribution >= 4 is 39.2 Å². The van der Waals surface area contributed by atoms with E-state index in [1.807, 2.05) is 55.6 Å². The minimum absolute atomic E-state index is 0.217. The Morgan fingerprint density at radius 2 is 1.97 bits per heavy atom. The van der Waals surface area contributed by atoms with Crippen LogP contribution in [0.15, 0.2) is 48.0 Å². The second-order valence-corrected chi connectivity index (χ2v) is 8.55. The summed E-state index contributed by atoms with van der Waals surface area (Å²) in [5.74, 6) is 0.475. The molecule has 0 saturated carbocycles. The van der Waals surface area contributed by atoms with Gasteiger partial charge in [-0.15, -0.1) is 11.3 Å². The zero-order chi connectivity index (χ0) is 22.1. The standard InChI is InChI=1S/C23H22N6O2S/c1-14-11-15(2)26-22(25-14)29-8-9-31-20(13-29)19-12-17(16-5-3-4-6-18(16)27-19)21(30)28-23-24-7-10-32-23/h3-7,10-12,20H,8-9,13H2,1-2H3,(H,24,28,30)/t20-/m0/s1. The van der Waals surface area contributed by atoms with Crippen LogP contribution in [-0.4, -0.2) is 45.5 Å². The number of carbonyl (C=O) groups excluding carboxylic acids is 1. The number of hydrogen-bond acceptors (Lipinski definition) is 8. The predicted molar refractivity (Wildman–Crippen MR) is 124 cm³/mol. The van der Waals surface area contributed by atoms with Crippen LogP contribution in [-0.2, 0) is 4.74 Å². The molecule has 1 N–H and O–H groups in total. The number of rotatable bonds is 4. The van der Waals surface area contributed by atoms with Crippen LogP contribution in [0.5, 0.6) is 0 Å². The lowest BCUT2D eigenvalue weighted by atomic mass is 10.0. The zero-order valence-electron chi connectivity index (χ0n) is 17.8. The van der Waals surface area contributed by atoms with Gasteiger partial charge in [0.05, 0.1) is 29.9 Å². The van der Waals surface area contributed by atoms with Gasteiger partial charge in [-0.3, -0.25) is 10.1 Å². The van der Waals surface area contributed by atoms with Gasteiger partial charge in [0.1, 0.15) is 6.10 Å². The number of carbonyl (C=O) groups is 1. The van der Waals surface area contributed by atoms with E-state index >= 15 is 0 Å². The smallest absolute Gasteiger partial charge is 0.258 e. The fraction of sp³-hybridized carbons (Fsp3) is 0.261. The number of morpholine rings is 1. The normalized spacial score (nSPS) is 16.3. The van der Waals surface area contributed by atoms with Crippen LogP contribution in [0.1, 0.15) is 33.5 Å². The van der Waals surface area contributed by atoms with Gasteiger partial charge >= 0.3 is 0 Å². The molecule has 162 valence electrons. The van der Waals surface area contributed by atoms with E-state index < -0.39 is 0 Å². The number of anilines is 2. The highest BCUT2D eigenvalue weighted by Gasteiger charge is 2.27. The number of nitrogens with zero attached hydrogens (tertiary/aromatic N) is 5. The Bertz CT molecular complexity index is 1260. The lowest BCUT2D eigenvalue weighted by Crippen LogP contribution is -2.40. The highest BCUT2D eigenvalue weighted by molar-refractivity contribution is 7.13. The fourth-order valence-corrected chi connectivity index (χ4v) is 4.38. The maximum absolute atomic E-state index is 13.1. The quantitative estimate of drug-likeness (QED) is 0.508. The van der Waals surface area contributed by atoms with Crippen molar-refractivity contribution in [2.75, 3.05) is 29.9 Å². The third kappa shape index (κ3) is 4.17. The molecule has 0 spiro atoms. The number of aryl methyl sites for hydroxylation is 2. The number of benzene rings is 1. The van der Waals surface area contributed by atoms with Gasteiger partial charge in [0.2, 0.25) is 5.95 Å². The van der Waals surface area contributed by atoms with Gasteiger partial charge in [0.25, 0.3) is 5.91 Å². The Labute approximate surface area is 189 Å². The van der Waals surface area contributed by atoms with Crippen LogP contribution in [0.25, 0.3) is 10.9 Å². The molecule has 5 rings (SSSR count). The van der Waals surface area contributed by atoms with Crippen LogP contribution in [0.4, 0.5) is 11.1 Å². The van der Waals surface area contributed by atoms with Gasteiger partial charge in [-0.1, -0.05) is 18.2 Å². The molecule has 9 heteroatoms. The lowest BCUT2D eigenvalue weighted by molar-refractivity contribution is 0.0366. The monoisotopic (exact) mass is 446 g/mol. The third-order valence-corrected chi connectivity index (χ3v) is 5.97. The molecule has 1 aliphatic heterocycles. The van der Waals surface area contributed by atoms with Crippen molar-refractivity contribution < 1.29 is 9.53 Å². The highest BCUT2D eigenvalue weighted by Crippen LogP contribution is 2.28. The fourth-order valence-electron chi connectivity index (χ4n) is 3.86. The number of pyridine rings is 1. The first-order valence-corrected chi connectivity index (χ1v) is 11.2.